The van der Waals surface area contributed by atoms with Gasteiger partial charge < -0.3 is 14.9 Å². The average Bonchev–Trinajstić information content (AvgIpc) is 3.01. The second-order valence-corrected chi connectivity index (χ2v) is 5.56. The number of nitrogens with zero attached hydrogens (tertiary/aromatic N) is 1. The summed E-state index contributed by atoms with van der Waals surface area (Å²) in [6.07, 6.45) is 1.23. The Balaban J connectivity index is 2.02. The molecule has 1 amide bonds. The molecule has 0 bridgehead atoms. The maximum absolute atomic E-state index is 12.0. The van der Waals surface area contributed by atoms with Gasteiger partial charge in [0.15, 0.2) is 0 Å². The van der Waals surface area contributed by atoms with Crippen LogP contribution in [0.1, 0.15) is 30.3 Å². The molecule has 0 fully saturated rings. The molecule has 0 saturated carbocycles. The largest absolute Gasteiger partial charge is 0.481 e. The van der Waals surface area contributed by atoms with Gasteiger partial charge in [-0.15, -0.1) is 0 Å². The summed E-state index contributed by atoms with van der Waals surface area (Å²) in [6, 6.07) is 8.51. The quantitative estimate of drug-likeness (QED) is 0.809. The summed E-state index contributed by atoms with van der Waals surface area (Å²) in [5, 5.41) is 16.0. The van der Waals surface area contributed by atoms with E-state index in [4.69, 9.17) is 21.2 Å². The van der Waals surface area contributed by atoms with E-state index in [1.807, 2.05) is 6.92 Å². The number of carbonyl (C=O) groups excluding carboxylic acids is 1. The zero-order valence-electron chi connectivity index (χ0n) is 12.6. The van der Waals surface area contributed by atoms with Crippen LogP contribution in [0.25, 0.3) is 11.3 Å². The van der Waals surface area contributed by atoms with Gasteiger partial charge >= 0.3 is 5.97 Å². The number of hydrogen-bond acceptors (Lipinski definition) is 4. The zero-order chi connectivity index (χ0) is 16.8. The van der Waals surface area contributed by atoms with Crippen LogP contribution in [0.5, 0.6) is 0 Å². The second-order valence-electron chi connectivity index (χ2n) is 5.12. The third-order valence-electron chi connectivity index (χ3n) is 3.35. The van der Waals surface area contributed by atoms with Gasteiger partial charge in [0.05, 0.1) is 5.92 Å². The smallest absolute Gasteiger partial charge is 0.308 e. The number of rotatable bonds is 7. The van der Waals surface area contributed by atoms with Gasteiger partial charge in [0.2, 0.25) is 5.76 Å². The summed E-state index contributed by atoms with van der Waals surface area (Å²) in [7, 11) is 0. The number of amides is 1. The first-order valence-electron chi connectivity index (χ1n) is 7.25. The minimum absolute atomic E-state index is 0.0283. The van der Waals surface area contributed by atoms with Gasteiger partial charge in [-0.3, -0.25) is 9.59 Å². The Morgan fingerprint density at radius 3 is 2.83 bits per heavy atom. The Morgan fingerprint density at radius 1 is 1.39 bits per heavy atom. The van der Waals surface area contributed by atoms with Gasteiger partial charge in [-0.2, -0.15) is 0 Å². The molecule has 0 radical (unpaired) electrons. The number of carbonyl (C=O) groups is 2. The number of hydrogen-bond donors (Lipinski definition) is 2. The van der Waals surface area contributed by atoms with E-state index in [0.29, 0.717) is 17.1 Å². The third-order valence-corrected chi connectivity index (χ3v) is 3.58. The lowest BCUT2D eigenvalue weighted by Gasteiger charge is -2.11. The molecular formula is C16H17ClN2O4. The molecule has 1 heterocycles. The Morgan fingerprint density at radius 2 is 2.17 bits per heavy atom. The number of halogens is 1. The predicted molar refractivity (Wildman–Crippen MR) is 85.3 cm³/mol. The van der Waals surface area contributed by atoms with Crippen LogP contribution in [0.4, 0.5) is 0 Å². The van der Waals surface area contributed by atoms with Crippen molar-refractivity contribution in [3.8, 4) is 11.3 Å². The van der Waals surface area contributed by atoms with Crippen LogP contribution in [0.2, 0.25) is 5.02 Å². The molecule has 2 N–H and O–H groups in total. The fraction of sp³-hybridized carbons (Fsp3) is 0.312. The van der Waals surface area contributed by atoms with Crippen LogP contribution in [0, 0.1) is 5.92 Å². The lowest BCUT2D eigenvalue weighted by atomic mass is 10.0. The SMILES string of the molecule is CCCC(CNC(=O)c1cc(-c2cccc(Cl)c2)no1)C(=O)O. The molecule has 0 spiro atoms. The van der Waals surface area contributed by atoms with Gasteiger partial charge in [-0.1, -0.05) is 42.2 Å². The first kappa shape index (κ1) is 17.0. The highest BCUT2D eigenvalue weighted by Gasteiger charge is 2.19. The van der Waals surface area contributed by atoms with Crippen LogP contribution >= 0.6 is 11.6 Å². The van der Waals surface area contributed by atoms with E-state index < -0.39 is 17.8 Å². The summed E-state index contributed by atoms with van der Waals surface area (Å²) >= 11 is 5.91. The summed E-state index contributed by atoms with van der Waals surface area (Å²) in [4.78, 5) is 23.1. The molecule has 122 valence electrons. The predicted octanol–water partition coefficient (Wildman–Crippen LogP) is 3.23. The number of aromatic nitrogens is 1. The van der Waals surface area contributed by atoms with E-state index in [2.05, 4.69) is 10.5 Å². The fourth-order valence-electron chi connectivity index (χ4n) is 2.13. The molecule has 0 aliphatic rings. The Kier molecular flexibility index (Phi) is 5.76. The number of aliphatic carboxylic acids is 1. The van der Waals surface area contributed by atoms with Crippen molar-refractivity contribution in [2.24, 2.45) is 5.92 Å². The van der Waals surface area contributed by atoms with Crippen LogP contribution in [0.3, 0.4) is 0 Å². The fourth-order valence-corrected chi connectivity index (χ4v) is 2.32. The first-order valence-corrected chi connectivity index (χ1v) is 7.62. The molecule has 1 atom stereocenters. The lowest BCUT2D eigenvalue weighted by molar-refractivity contribution is -0.141. The summed E-state index contributed by atoms with van der Waals surface area (Å²) in [5.41, 5.74) is 1.22. The Labute approximate surface area is 138 Å². The maximum atomic E-state index is 12.0. The van der Waals surface area contributed by atoms with E-state index in [0.717, 1.165) is 12.0 Å². The van der Waals surface area contributed by atoms with Crippen molar-refractivity contribution >= 4 is 23.5 Å². The van der Waals surface area contributed by atoms with Gasteiger partial charge in [-0.05, 0) is 18.6 Å². The second kappa shape index (κ2) is 7.78. The van der Waals surface area contributed by atoms with E-state index in [1.165, 1.54) is 6.07 Å². The van der Waals surface area contributed by atoms with Crippen molar-refractivity contribution in [1.29, 1.82) is 0 Å². The number of benzene rings is 1. The molecular weight excluding hydrogens is 320 g/mol. The first-order chi connectivity index (χ1) is 11.0. The third kappa shape index (κ3) is 4.56. The average molecular weight is 337 g/mol. The molecule has 2 rings (SSSR count). The molecule has 1 aromatic heterocycles. The molecule has 23 heavy (non-hydrogen) atoms. The number of nitrogens with one attached hydrogen (secondary N) is 1. The van der Waals surface area contributed by atoms with Crippen molar-refractivity contribution in [2.75, 3.05) is 6.54 Å². The van der Waals surface area contributed by atoms with Crippen molar-refractivity contribution in [2.45, 2.75) is 19.8 Å². The van der Waals surface area contributed by atoms with Gasteiger partial charge in [0.25, 0.3) is 5.91 Å². The van der Waals surface area contributed by atoms with Gasteiger partial charge in [0.1, 0.15) is 5.69 Å². The molecule has 6 nitrogen and oxygen atoms in total. The summed E-state index contributed by atoms with van der Waals surface area (Å²) in [6.45, 7) is 1.95. The summed E-state index contributed by atoms with van der Waals surface area (Å²) < 4.78 is 5.02. The van der Waals surface area contributed by atoms with Crippen molar-refractivity contribution in [3.63, 3.8) is 0 Å². The maximum Gasteiger partial charge on any atom is 0.308 e. The number of carboxylic acids is 1. The number of carboxylic acid groups (broad SMARTS) is 1. The Bertz CT molecular complexity index is 699. The van der Waals surface area contributed by atoms with Crippen molar-refractivity contribution < 1.29 is 19.2 Å². The molecule has 0 aliphatic carbocycles. The van der Waals surface area contributed by atoms with E-state index in [1.54, 1.807) is 24.3 Å². The molecule has 0 saturated heterocycles. The van der Waals surface area contributed by atoms with Crippen LogP contribution in [0.15, 0.2) is 34.9 Å². The normalized spacial score (nSPS) is 11.9. The standard InChI is InChI=1S/C16H17ClN2O4/c1-2-4-11(16(21)22)9-18-15(20)14-8-13(19-23-14)10-5-3-6-12(17)7-10/h3,5-8,11H,2,4,9H2,1H3,(H,18,20)(H,21,22). The van der Waals surface area contributed by atoms with E-state index in [-0.39, 0.29) is 12.3 Å². The monoisotopic (exact) mass is 336 g/mol. The molecule has 0 aliphatic heterocycles. The molecule has 1 unspecified atom stereocenters. The highest BCUT2D eigenvalue weighted by molar-refractivity contribution is 6.30. The minimum Gasteiger partial charge on any atom is -0.481 e. The van der Waals surface area contributed by atoms with E-state index >= 15 is 0 Å². The van der Waals surface area contributed by atoms with Crippen LogP contribution in [-0.4, -0.2) is 28.7 Å². The van der Waals surface area contributed by atoms with Crippen LogP contribution < -0.4 is 5.32 Å². The molecule has 2 aromatic rings. The van der Waals surface area contributed by atoms with Gasteiger partial charge in [0, 0.05) is 23.2 Å². The van der Waals surface area contributed by atoms with Crippen molar-refractivity contribution in [1.82, 2.24) is 10.5 Å². The van der Waals surface area contributed by atoms with Gasteiger partial charge in [-0.25, -0.2) is 0 Å². The zero-order valence-corrected chi connectivity index (χ0v) is 13.3. The summed E-state index contributed by atoms with van der Waals surface area (Å²) in [5.74, 6) is -2.00. The van der Waals surface area contributed by atoms with Crippen molar-refractivity contribution in [3.05, 3.63) is 41.1 Å². The molecule has 1 aromatic carbocycles. The molecule has 7 heteroatoms. The lowest BCUT2D eigenvalue weighted by Crippen LogP contribution is -2.32. The van der Waals surface area contributed by atoms with E-state index in [9.17, 15) is 9.59 Å². The Hall–Kier alpha value is -2.34. The highest BCUT2D eigenvalue weighted by Crippen LogP contribution is 2.22. The highest BCUT2D eigenvalue weighted by atomic mass is 35.5. The van der Waals surface area contributed by atoms with Crippen LogP contribution in [-0.2, 0) is 4.79 Å². The minimum atomic E-state index is -0.927. The topological polar surface area (TPSA) is 92.4 Å².